The fraction of sp³-hybridized carbons (Fsp3) is 0.579. The molecule has 1 N–H and O–H groups in total. The molecule has 1 aromatic carbocycles. The van der Waals surface area contributed by atoms with Crippen LogP contribution >= 0.6 is 0 Å². The minimum Gasteiger partial charge on any atom is -0.445 e. The van der Waals surface area contributed by atoms with Gasteiger partial charge in [-0.15, -0.1) is 0 Å². The van der Waals surface area contributed by atoms with Crippen LogP contribution in [0.1, 0.15) is 32.8 Å². The standard InChI is InChI=1S/C19H27FN2O4/c1-19(2,3)26-18(24)22-10-9-16(20)15(12-22)11-21-17(23)25-13-14-7-5-4-6-8-14/h4-8,15-16H,9-13H2,1-3H3,(H,21,23). The number of alkyl carbamates (subject to hydrolysis) is 1. The summed E-state index contributed by atoms with van der Waals surface area (Å²) < 4.78 is 24.6. The topological polar surface area (TPSA) is 67.9 Å². The molecule has 2 rings (SSSR count). The van der Waals surface area contributed by atoms with Crippen molar-refractivity contribution in [2.24, 2.45) is 5.92 Å². The van der Waals surface area contributed by atoms with E-state index in [2.05, 4.69) is 5.32 Å². The molecule has 0 spiro atoms. The molecule has 0 radical (unpaired) electrons. The molecule has 1 aliphatic rings. The molecular weight excluding hydrogens is 339 g/mol. The van der Waals surface area contributed by atoms with Crippen LogP contribution in [0.4, 0.5) is 14.0 Å². The Balaban J connectivity index is 1.78. The van der Waals surface area contributed by atoms with Crippen molar-refractivity contribution in [2.45, 2.75) is 45.6 Å². The molecular formula is C19H27FN2O4. The summed E-state index contributed by atoms with van der Waals surface area (Å²) in [7, 11) is 0. The zero-order valence-corrected chi connectivity index (χ0v) is 15.5. The van der Waals surface area contributed by atoms with E-state index in [4.69, 9.17) is 9.47 Å². The summed E-state index contributed by atoms with van der Waals surface area (Å²) in [6.07, 6.45) is -1.91. The maximum atomic E-state index is 14.2. The Labute approximate surface area is 153 Å². The van der Waals surface area contributed by atoms with Gasteiger partial charge in [-0.1, -0.05) is 30.3 Å². The van der Waals surface area contributed by atoms with Crippen molar-refractivity contribution in [3.63, 3.8) is 0 Å². The van der Waals surface area contributed by atoms with Gasteiger partial charge >= 0.3 is 12.2 Å². The lowest BCUT2D eigenvalue weighted by Crippen LogP contribution is -2.49. The van der Waals surface area contributed by atoms with Crippen molar-refractivity contribution in [3.8, 4) is 0 Å². The number of nitrogens with zero attached hydrogens (tertiary/aromatic N) is 1. The van der Waals surface area contributed by atoms with Crippen molar-refractivity contribution in [3.05, 3.63) is 35.9 Å². The lowest BCUT2D eigenvalue weighted by Gasteiger charge is -2.36. The van der Waals surface area contributed by atoms with Gasteiger partial charge in [-0.2, -0.15) is 0 Å². The summed E-state index contributed by atoms with van der Waals surface area (Å²) >= 11 is 0. The molecule has 2 unspecified atom stereocenters. The van der Waals surface area contributed by atoms with E-state index in [9.17, 15) is 14.0 Å². The second kappa shape index (κ2) is 8.87. The Morgan fingerprint density at radius 3 is 2.62 bits per heavy atom. The van der Waals surface area contributed by atoms with Crippen LogP contribution < -0.4 is 5.32 Å². The molecule has 1 aromatic rings. The van der Waals surface area contributed by atoms with Crippen molar-refractivity contribution in [2.75, 3.05) is 19.6 Å². The highest BCUT2D eigenvalue weighted by Crippen LogP contribution is 2.22. The Morgan fingerprint density at radius 1 is 1.27 bits per heavy atom. The predicted octanol–water partition coefficient (Wildman–Crippen LogP) is 3.51. The van der Waals surface area contributed by atoms with Crippen molar-refractivity contribution >= 4 is 12.2 Å². The van der Waals surface area contributed by atoms with Crippen molar-refractivity contribution in [1.29, 1.82) is 0 Å². The summed E-state index contributed by atoms with van der Waals surface area (Å²) in [6.45, 7) is 6.13. The number of nitrogens with one attached hydrogen (secondary N) is 1. The highest BCUT2D eigenvalue weighted by molar-refractivity contribution is 5.68. The van der Waals surface area contributed by atoms with Crippen molar-refractivity contribution in [1.82, 2.24) is 10.2 Å². The van der Waals surface area contributed by atoms with E-state index < -0.39 is 29.9 Å². The lowest BCUT2D eigenvalue weighted by molar-refractivity contribution is 0.00687. The highest BCUT2D eigenvalue weighted by atomic mass is 19.1. The second-order valence-corrected chi connectivity index (χ2v) is 7.43. The van der Waals surface area contributed by atoms with E-state index in [0.29, 0.717) is 6.54 Å². The third-order valence-corrected chi connectivity index (χ3v) is 4.01. The van der Waals surface area contributed by atoms with E-state index >= 15 is 0 Å². The first-order valence-corrected chi connectivity index (χ1v) is 8.81. The van der Waals surface area contributed by atoms with Crippen LogP contribution in [0.2, 0.25) is 0 Å². The average Bonchev–Trinajstić information content (AvgIpc) is 2.58. The number of carbonyl (C=O) groups is 2. The number of rotatable bonds is 4. The van der Waals surface area contributed by atoms with Crippen LogP contribution in [0.5, 0.6) is 0 Å². The molecule has 2 amide bonds. The first-order valence-electron chi connectivity index (χ1n) is 8.81. The monoisotopic (exact) mass is 366 g/mol. The molecule has 26 heavy (non-hydrogen) atoms. The summed E-state index contributed by atoms with van der Waals surface area (Å²) in [4.78, 5) is 25.4. The summed E-state index contributed by atoms with van der Waals surface area (Å²) in [6, 6.07) is 9.30. The van der Waals surface area contributed by atoms with Gasteiger partial charge in [0.1, 0.15) is 18.4 Å². The molecule has 0 bridgehead atoms. The molecule has 1 fully saturated rings. The van der Waals surface area contributed by atoms with Gasteiger partial charge < -0.3 is 19.7 Å². The quantitative estimate of drug-likeness (QED) is 0.885. The van der Waals surface area contributed by atoms with Crippen LogP contribution in [0.15, 0.2) is 30.3 Å². The van der Waals surface area contributed by atoms with Gasteiger partial charge in [0.25, 0.3) is 0 Å². The van der Waals surface area contributed by atoms with Gasteiger partial charge in [-0.25, -0.2) is 14.0 Å². The Morgan fingerprint density at radius 2 is 1.96 bits per heavy atom. The lowest BCUT2D eigenvalue weighted by atomic mass is 9.96. The average molecular weight is 366 g/mol. The third kappa shape index (κ3) is 6.54. The molecule has 6 nitrogen and oxygen atoms in total. The van der Waals surface area contributed by atoms with Crippen molar-refractivity contribution < 1.29 is 23.5 Å². The predicted molar refractivity (Wildman–Crippen MR) is 95.4 cm³/mol. The molecule has 1 aliphatic heterocycles. The fourth-order valence-electron chi connectivity index (χ4n) is 2.68. The smallest absolute Gasteiger partial charge is 0.410 e. The molecule has 1 heterocycles. The Hall–Kier alpha value is -2.31. The van der Waals surface area contributed by atoms with Crippen LogP contribution in [0.25, 0.3) is 0 Å². The van der Waals surface area contributed by atoms with E-state index in [0.717, 1.165) is 5.56 Å². The van der Waals surface area contributed by atoms with E-state index in [1.807, 2.05) is 30.3 Å². The fourth-order valence-corrected chi connectivity index (χ4v) is 2.68. The number of piperidine rings is 1. The van der Waals surface area contributed by atoms with Crippen LogP contribution in [0, 0.1) is 5.92 Å². The summed E-state index contributed by atoms with van der Waals surface area (Å²) in [5.41, 5.74) is 0.276. The molecule has 144 valence electrons. The van der Waals surface area contributed by atoms with Crippen LogP contribution in [-0.4, -0.2) is 48.5 Å². The number of carbonyl (C=O) groups excluding carboxylic acids is 2. The molecule has 0 saturated carbocycles. The number of halogens is 1. The van der Waals surface area contributed by atoms with Gasteiger partial charge in [0.15, 0.2) is 0 Å². The summed E-state index contributed by atoms with van der Waals surface area (Å²) in [5.74, 6) is -0.486. The van der Waals surface area contributed by atoms with Gasteiger partial charge in [0.2, 0.25) is 0 Å². The maximum Gasteiger partial charge on any atom is 0.410 e. The Kier molecular flexibility index (Phi) is 6.83. The first-order chi connectivity index (χ1) is 12.2. The number of amides is 2. The van der Waals surface area contributed by atoms with Gasteiger partial charge in [0.05, 0.1) is 0 Å². The molecule has 1 saturated heterocycles. The first kappa shape index (κ1) is 20.0. The molecule has 7 heteroatoms. The Bertz CT molecular complexity index is 603. The van der Waals surface area contributed by atoms with Gasteiger partial charge in [0, 0.05) is 25.6 Å². The number of hydrogen-bond acceptors (Lipinski definition) is 4. The minimum absolute atomic E-state index is 0.105. The summed E-state index contributed by atoms with van der Waals surface area (Å²) in [5, 5.41) is 2.58. The SMILES string of the molecule is CC(C)(C)OC(=O)N1CCC(F)C(CNC(=O)OCc2ccccc2)C1. The van der Waals surface area contributed by atoms with Gasteiger partial charge in [-0.3, -0.25) is 0 Å². The maximum absolute atomic E-state index is 14.2. The second-order valence-electron chi connectivity index (χ2n) is 7.43. The normalized spacial score (nSPS) is 20.4. The van der Waals surface area contributed by atoms with Crippen LogP contribution in [-0.2, 0) is 16.1 Å². The number of benzene rings is 1. The number of alkyl halides is 1. The van der Waals surface area contributed by atoms with E-state index in [1.165, 1.54) is 4.90 Å². The molecule has 2 atom stereocenters. The van der Waals surface area contributed by atoms with E-state index in [-0.39, 0.29) is 26.1 Å². The van der Waals surface area contributed by atoms with Crippen LogP contribution in [0.3, 0.4) is 0 Å². The van der Waals surface area contributed by atoms with Gasteiger partial charge in [-0.05, 0) is 32.8 Å². The zero-order chi connectivity index (χ0) is 19.2. The third-order valence-electron chi connectivity index (χ3n) is 4.01. The molecule has 0 aliphatic carbocycles. The minimum atomic E-state index is -1.08. The number of likely N-dealkylation sites (tertiary alicyclic amines) is 1. The zero-order valence-electron chi connectivity index (χ0n) is 15.5. The largest absolute Gasteiger partial charge is 0.445 e. The number of ether oxygens (including phenoxy) is 2. The molecule has 0 aromatic heterocycles. The van der Waals surface area contributed by atoms with E-state index in [1.54, 1.807) is 20.8 Å². The highest BCUT2D eigenvalue weighted by Gasteiger charge is 2.33. The number of hydrogen-bond donors (Lipinski definition) is 1.